The van der Waals surface area contributed by atoms with E-state index in [9.17, 15) is 0 Å². The molecule has 1 aliphatic rings. The lowest BCUT2D eigenvalue weighted by Crippen LogP contribution is -3.15. The monoisotopic (exact) mass is 305 g/mol. The fraction of sp³-hybridized carbons (Fsp3) is 0.588. The Balaban J connectivity index is 1.59. The Morgan fingerprint density at radius 1 is 1.18 bits per heavy atom. The maximum atomic E-state index is 8.97. The molecular weight excluding hydrogens is 280 g/mol. The molecule has 5 nitrogen and oxygen atoms in total. The second kappa shape index (κ2) is 8.74. The zero-order valence-corrected chi connectivity index (χ0v) is 13.4. The summed E-state index contributed by atoms with van der Waals surface area (Å²) in [4.78, 5) is 1.53. The molecule has 1 aromatic carbocycles. The number of ether oxygens (including phenoxy) is 3. The van der Waals surface area contributed by atoms with E-state index in [0.29, 0.717) is 36.7 Å². The molecule has 3 atom stereocenters. The van der Waals surface area contributed by atoms with Crippen LogP contribution < -0.4 is 9.64 Å². The molecule has 1 aliphatic heterocycles. The van der Waals surface area contributed by atoms with Gasteiger partial charge >= 0.3 is 0 Å². The number of quaternary nitrogens is 1. The lowest BCUT2D eigenvalue weighted by molar-refractivity contribution is -0.915. The molecule has 0 bridgehead atoms. The highest BCUT2D eigenvalue weighted by atomic mass is 16.5. The first-order chi connectivity index (χ1) is 10.7. The summed E-state index contributed by atoms with van der Waals surface area (Å²) in [7, 11) is 0. The summed E-state index contributed by atoms with van der Waals surface area (Å²) in [6, 6.07) is 9.36. The van der Waals surface area contributed by atoms with Gasteiger partial charge in [-0.25, -0.2) is 0 Å². The lowest BCUT2D eigenvalue weighted by Gasteiger charge is -2.32. The van der Waals surface area contributed by atoms with Gasteiger partial charge in [-0.05, 0) is 26.0 Å². The van der Waals surface area contributed by atoms with Crippen LogP contribution in [0.25, 0.3) is 0 Å². The zero-order chi connectivity index (χ0) is 15.8. The molecule has 2 rings (SSSR count). The van der Waals surface area contributed by atoms with Crippen LogP contribution in [0.15, 0.2) is 24.3 Å². The first-order valence-corrected chi connectivity index (χ1v) is 7.87. The third kappa shape index (κ3) is 5.30. The summed E-state index contributed by atoms with van der Waals surface area (Å²) >= 11 is 0. The largest absolute Gasteiger partial charge is 0.490 e. The number of nitrogens with zero attached hydrogens (tertiary/aromatic N) is 1. The first-order valence-electron chi connectivity index (χ1n) is 7.87. The molecule has 1 heterocycles. The van der Waals surface area contributed by atoms with E-state index in [1.165, 1.54) is 4.90 Å². The molecule has 0 aromatic heterocycles. The molecule has 0 amide bonds. The Hall–Kier alpha value is -1.61. The predicted octanol–water partition coefficient (Wildman–Crippen LogP) is 0.646. The van der Waals surface area contributed by atoms with Gasteiger partial charge in [0.15, 0.2) is 0 Å². The van der Waals surface area contributed by atoms with Crippen molar-refractivity contribution in [3.63, 3.8) is 0 Å². The number of morpholine rings is 1. The number of hydrogen-bond acceptors (Lipinski definition) is 4. The Morgan fingerprint density at radius 3 is 2.64 bits per heavy atom. The summed E-state index contributed by atoms with van der Waals surface area (Å²) in [5, 5.41) is 8.97. The standard InChI is InChI=1S/C17H24N2O3/c1-14-12-19(13-15(2)22-14)7-8-20-9-10-21-17-6-4-3-5-16(17)11-18/h3-6,14-15H,7-10,12-13H2,1-2H3/p+1/t14-,15+. The van der Waals surface area contributed by atoms with E-state index in [0.717, 1.165) is 26.2 Å². The van der Waals surface area contributed by atoms with Crippen molar-refractivity contribution in [1.82, 2.24) is 0 Å². The van der Waals surface area contributed by atoms with Crippen molar-refractivity contribution in [1.29, 1.82) is 5.26 Å². The summed E-state index contributed by atoms with van der Waals surface area (Å²) < 4.78 is 16.9. The van der Waals surface area contributed by atoms with Crippen molar-refractivity contribution in [2.75, 3.05) is 39.5 Å². The van der Waals surface area contributed by atoms with Crippen LogP contribution in [0.5, 0.6) is 5.75 Å². The molecule has 5 heteroatoms. The molecule has 22 heavy (non-hydrogen) atoms. The minimum Gasteiger partial charge on any atom is -0.490 e. The van der Waals surface area contributed by atoms with Crippen LogP contribution in [0.1, 0.15) is 19.4 Å². The van der Waals surface area contributed by atoms with Gasteiger partial charge < -0.3 is 19.1 Å². The summed E-state index contributed by atoms with van der Waals surface area (Å²) in [5.41, 5.74) is 0.559. The van der Waals surface area contributed by atoms with Crippen molar-refractivity contribution in [3.8, 4) is 11.8 Å². The quantitative estimate of drug-likeness (QED) is 0.752. The van der Waals surface area contributed by atoms with Crippen LogP contribution in [0, 0.1) is 11.3 Å². The Bertz CT molecular complexity index is 491. The molecular formula is C17H25N2O3+. The number of nitriles is 1. The van der Waals surface area contributed by atoms with Gasteiger partial charge in [-0.1, -0.05) is 12.1 Å². The van der Waals surface area contributed by atoms with E-state index >= 15 is 0 Å². The van der Waals surface area contributed by atoms with Crippen molar-refractivity contribution >= 4 is 0 Å². The van der Waals surface area contributed by atoms with Crippen LogP contribution in [-0.4, -0.2) is 51.7 Å². The van der Waals surface area contributed by atoms with E-state index in [4.69, 9.17) is 19.5 Å². The number of hydrogen-bond donors (Lipinski definition) is 1. The van der Waals surface area contributed by atoms with Crippen LogP contribution >= 0.6 is 0 Å². The summed E-state index contributed by atoms with van der Waals surface area (Å²) in [5.74, 6) is 0.620. The van der Waals surface area contributed by atoms with E-state index in [2.05, 4.69) is 19.9 Å². The van der Waals surface area contributed by atoms with Gasteiger partial charge in [0.2, 0.25) is 0 Å². The summed E-state index contributed by atoms with van der Waals surface area (Å²) in [6.45, 7) is 9.04. The molecule has 1 aromatic rings. The molecule has 1 saturated heterocycles. The van der Waals surface area contributed by atoms with Crippen LogP contribution in [-0.2, 0) is 9.47 Å². The minimum atomic E-state index is 0.324. The van der Waals surface area contributed by atoms with Crippen molar-refractivity contribution in [2.24, 2.45) is 0 Å². The fourth-order valence-corrected chi connectivity index (χ4v) is 2.81. The number of benzene rings is 1. The van der Waals surface area contributed by atoms with Crippen molar-refractivity contribution in [2.45, 2.75) is 26.1 Å². The normalized spacial score (nSPS) is 24.7. The Labute approximate surface area is 132 Å². The van der Waals surface area contributed by atoms with Gasteiger partial charge in [-0.15, -0.1) is 0 Å². The molecule has 1 N–H and O–H groups in total. The average Bonchev–Trinajstić information content (AvgIpc) is 2.50. The first kappa shape index (κ1) is 16.8. The highest BCUT2D eigenvalue weighted by Crippen LogP contribution is 2.16. The number of para-hydroxylation sites is 1. The third-order valence-electron chi connectivity index (χ3n) is 3.71. The van der Waals surface area contributed by atoms with Gasteiger partial charge in [0, 0.05) is 0 Å². The predicted molar refractivity (Wildman–Crippen MR) is 83.0 cm³/mol. The molecule has 0 radical (unpaired) electrons. The van der Waals surface area contributed by atoms with Crippen LogP contribution in [0.4, 0.5) is 0 Å². The Morgan fingerprint density at radius 2 is 1.91 bits per heavy atom. The third-order valence-corrected chi connectivity index (χ3v) is 3.71. The van der Waals surface area contributed by atoms with E-state index in [1.54, 1.807) is 12.1 Å². The molecule has 0 saturated carbocycles. The second-order valence-electron chi connectivity index (χ2n) is 5.73. The molecule has 0 aliphatic carbocycles. The minimum absolute atomic E-state index is 0.324. The van der Waals surface area contributed by atoms with Gasteiger partial charge in [0.1, 0.15) is 50.3 Å². The maximum absolute atomic E-state index is 8.97. The van der Waals surface area contributed by atoms with Crippen LogP contribution in [0.3, 0.4) is 0 Å². The van der Waals surface area contributed by atoms with Crippen molar-refractivity contribution in [3.05, 3.63) is 29.8 Å². The van der Waals surface area contributed by atoms with Gasteiger partial charge in [0.05, 0.1) is 18.8 Å². The lowest BCUT2D eigenvalue weighted by atomic mass is 10.2. The fourth-order valence-electron chi connectivity index (χ4n) is 2.81. The Kier molecular flexibility index (Phi) is 6.66. The molecule has 120 valence electrons. The second-order valence-corrected chi connectivity index (χ2v) is 5.73. The van der Waals surface area contributed by atoms with Crippen molar-refractivity contribution < 1.29 is 19.1 Å². The topological polar surface area (TPSA) is 55.9 Å². The molecule has 0 spiro atoms. The van der Waals surface area contributed by atoms with Gasteiger partial charge in [0.25, 0.3) is 0 Å². The van der Waals surface area contributed by atoms with E-state index < -0.39 is 0 Å². The average molecular weight is 305 g/mol. The number of rotatable bonds is 7. The number of nitrogens with one attached hydrogen (secondary N) is 1. The van der Waals surface area contributed by atoms with Gasteiger partial charge in [-0.3, -0.25) is 0 Å². The molecule has 1 unspecified atom stereocenters. The smallest absolute Gasteiger partial charge is 0.137 e. The highest BCUT2D eigenvalue weighted by Gasteiger charge is 2.24. The maximum Gasteiger partial charge on any atom is 0.137 e. The summed E-state index contributed by atoms with van der Waals surface area (Å²) in [6.07, 6.45) is 0.647. The van der Waals surface area contributed by atoms with E-state index in [-0.39, 0.29) is 0 Å². The van der Waals surface area contributed by atoms with Crippen LogP contribution in [0.2, 0.25) is 0 Å². The zero-order valence-electron chi connectivity index (χ0n) is 13.4. The van der Waals surface area contributed by atoms with E-state index in [1.807, 2.05) is 12.1 Å². The SMILES string of the molecule is C[C@@H]1C[NH+](CCOCCOc2ccccc2C#N)C[C@H](C)O1. The van der Waals surface area contributed by atoms with Gasteiger partial charge in [-0.2, -0.15) is 5.26 Å². The molecule has 1 fully saturated rings. The highest BCUT2D eigenvalue weighted by molar-refractivity contribution is 5.42.